The second-order valence-corrected chi connectivity index (χ2v) is 4.04. The number of ether oxygens (including phenoxy) is 1. The number of halogens is 5. The molecule has 108 valence electrons. The smallest absolute Gasteiger partial charge is 0.406 e. The molecular formula is C15H7F5O. The van der Waals surface area contributed by atoms with Crippen LogP contribution in [0, 0.1) is 24.0 Å². The number of benzene rings is 2. The van der Waals surface area contributed by atoms with Crippen molar-refractivity contribution in [3.63, 3.8) is 0 Å². The van der Waals surface area contributed by atoms with Crippen LogP contribution in [0.1, 0.15) is 5.56 Å². The van der Waals surface area contributed by atoms with Crippen molar-refractivity contribution in [2.75, 3.05) is 0 Å². The van der Waals surface area contributed by atoms with Crippen LogP contribution in [-0.2, 0) is 0 Å². The minimum absolute atomic E-state index is 0.0123. The molecular weight excluding hydrogens is 291 g/mol. The molecule has 0 amide bonds. The summed E-state index contributed by atoms with van der Waals surface area (Å²) in [7, 11) is 0. The summed E-state index contributed by atoms with van der Waals surface area (Å²) < 4.78 is 67.4. The van der Waals surface area contributed by atoms with Crippen molar-refractivity contribution in [3.8, 4) is 29.2 Å². The Hall–Kier alpha value is -2.55. The monoisotopic (exact) mass is 298 g/mol. The molecule has 0 N–H and O–H groups in total. The van der Waals surface area contributed by atoms with Gasteiger partial charge in [0.05, 0.1) is 0 Å². The van der Waals surface area contributed by atoms with E-state index in [0.29, 0.717) is 0 Å². The van der Waals surface area contributed by atoms with Crippen molar-refractivity contribution in [2.45, 2.75) is 6.36 Å². The lowest BCUT2D eigenvalue weighted by Gasteiger charge is -2.12. The Bertz CT molecular complexity index is 713. The minimum atomic E-state index is -4.91. The Kier molecular flexibility index (Phi) is 3.85. The van der Waals surface area contributed by atoms with Gasteiger partial charge in [0.25, 0.3) is 0 Å². The molecule has 0 unspecified atom stereocenters. The van der Waals surface area contributed by atoms with Crippen LogP contribution in [0.15, 0.2) is 36.4 Å². The summed E-state index contributed by atoms with van der Waals surface area (Å²) in [5.74, 6) is -0.757. The molecule has 21 heavy (non-hydrogen) atoms. The first-order valence-electron chi connectivity index (χ1n) is 5.62. The molecule has 0 bridgehead atoms. The first-order chi connectivity index (χ1) is 9.80. The largest absolute Gasteiger partial charge is 0.573 e. The Morgan fingerprint density at radius 3 is 2.38 bits per heavy atom. The van der Waals surface area contributed by atoms with E-state index < -0.39 is 23.7 Å². The zero-order valence-corrected chi connectivity index (χ0v) is 10.3. The van der Waals surface area contributed by atoms with Gasteiger partial charge < -0.3 is 4.74 Å². The summed E-state index contributed by atoms with van der Waals surface area (Å²) in [6.45, 7) is 0. The van der Waals surface area contributed by atoms with Crippen LogP contribution in [0.3, 0.4) is 0 Å². The van der Waals surface area contributed by atoms with Crippen LogP contribution >= 0.6 is 0 Å². The third-order valence-corrected chi connectivity index (χ3v) is 2.57. The van der Waals surface area contributed by atoms with Gasteiger partial charge in [-0.2, -0.15) is 0 Å². The van der Waals surface area contributed by atoms with Gasteiger partial charge >= 0.3 is 6.36 Å². The first-order valence-corrected chi connectivity index (χ1v) is 5.62. The molecule has 1 nitrogen and oxygen atoms in total. The highest BCUT2D eigenvalue weighted by Gasteiger charge is 2.31. The summed E-state index contributed by atoms with van der Waals surface area (Å²) in [5.41, 5.74) is -0.170. The first kappa shape index (κ1) is 14.9. The highest BCUT2D eigenvalue weighted by molar-refractivity contribution is 5.68. The molecule has 2 aromatic carbocycles. The third kappa shape index (κ3) is 3.51. The molecule has 0 radical (unpaired) electrons. The molecule has 0 spiro atoms. The Balaban J connectivity index is 2.56. The SMILES string of the molecule is C#Cc1cc(OC(F)(F)F)cc(-c2cccc(F)c2F)c1. The highest BCUT2D eigenvalue weighted by atomic mass is 19.4. The number of rotatable bonds is 2. The van der Waals surface area contributed by atoms with Gasteiger partial charge in [-0.25, -0.2) is 8.78 Å². The van der Waals surface area contributed by atoms with Gasteiger partial charge in [-0.15, -0.1) is 19.6 Å². The zero-order valence-electron chi connectivity index (χ0n) is 10.3. The van der Waals surface area contributed by atoms with Gasteiger partial charge in [-0.3, -0.25) is 0 Å². The van der Waals surface area contributed by atoms with E-state index in [2.05, 4.69) is 10.7 Å². The Morgan fingerprint density at radius 1 is 1.05 bits per heavy atom. The van der Waals surface area contributed by atoms with E-state index in [1.165, 1.54) is 18.2 Å². The fraction of sp³-hybridized carbons (Fsp3) is 0.0667. The quantitative estimate of drug-likeness (QED) is 0.585. The van der Waals surface area contributed by atoms with Gasteiger partial charge in [0.2, 0.25) is 0 Å². The van der Waals surface area contributed by atoms with Crippen molar-refractivity contribution in [1.29, 1.82) is 0 Å². The summed E-state index contributed by atoms with van der Waals surface area (Å²) in [6.07, 6.45) is 0.231. The maximum atomic E-state index is 13.7. The van der Waals surface area contributed by atoms with Gasteiger partial charge in [-0.05, 0) is 29.8 Å². The molecule has 0 aromatic heterocycles. The van der Waals surface area contributed by atoms with Crippen molar-refractivity contribution >= 4 is 0 Å². The number of alkyl halides is 3. The fourth-order valence-electron chi connectivity index (χ4n) is 1.76. The van der Waals surface area contributed by atoms with Crippen LogP contribution in [0.25, 0.3) is 11.1 Å². The van der Waals surface area contributed by atoms with E-state index in [9.17, 15) is 22.0 Å². The molecule has 0 atom stereocenters. The van der Waals surface area contributed by atoms with Crippen LogP contribution in [0.2, 0.25) is 0 Å². The normalized spacial score (nSPS) is 11.0. The average molecular weight is 298 g/mol. The summed E-state index contributed by atoms with van der Waals surface area (Å²) in [6, 6.07) is 6.55. The van der Waals surface area contributed by atoms with E-state index in [4.69, 9.17) is 6.42 Å². The predicted molar refractivity (Wildman–Crippen MR) is 66.4 cm³/mol. The zero-order chi connectivity index (χ0) is 15.6. The van der Waals surface area contributed by atoms with E-state index >= 15 is 0 Å². The summed E-state index contributed by atoms with van der Waals surface area (Å²) in [5, 5.41) is 0. The minimum Gasteiger partial charge on any atom is -0.406 e. The van der Waals surface area contributed by atoms with Gasteiger partial charge in [0, 0.05) is 11.1 Å². The third-order valence-electron chi connectivity index (χ3n) is 2.57. The van der Waals surface area contributed by atoms with E-state index in [-0.39, 0.29) is 16.7 Å². The molecule has 0 saturated heterocycles. The standard InChI is InChI=1S/C15H7F5O/c1-2-9-6-10(8-11(7-9)21-15(18,19)20)12-4-3-5-13(16)14(12)17/h1,3-8H. The Morgan fingerprint density at radius 2 is 1.76 bits per heavy atom. The van der Waals surface area contributed by atoms with Gasteiger partial charge in [0.15, 0.2) is 11.6 Å². The highest BCUT2D eigenvalue weighted by Crippen LogP contribution is 2.31. The summed E-state index contributed by atoms with van der Waals surface area (Å²) in [4.78, 5) is 0. The molecule has 0 saturated carbocycles. The predicted octanol–water partition coefficient (Wildman–Crippen LogP) is 4.51. The molecule has 6 heteroatoms. The van der Waals surface area contributed by atoms with Crippen molar-refractivity contribution < 1.29 is 26.7 Å². The molecule has 2 rings (SSSR count). The van der Waals surface area contributed by atoms with Gasteiger partial charge in [0.1, 0.15) is 5.75 Å². The molecule has 0 aliphatic rings. The number of terminal acetylenes is 1. The van der Waals surface area contributed by atoms with Crippen LogP contribution < -0.4 is 4.74 Å². The van der Waals surface area contributed by atoms with Crippen molar-refractivity contribution in [2.24, 2.45) is 0 Å². The molecule has 0 heterocycles. The fourth-order valence-corrected chi connectivity index (χ4v) is 1.76. The Labute approximate surface area is 117 Å². The average Bonchev–Trinajstić information content (AvgIpc) is 2.39. The second-order valence-electron chi connectivity index (χ2n) is 4.04. The molecule has 0 aliphatic heterocycles. The maximum Gasteiger partial charge on any atom is 0.573 e. The number of hydrogen-bond acceptors (Lipinski definition) is 1. The lowest BCUT2D eigenvalue weighted by atomic mass is 10.0. The maximum absolute atomic E-state index is 13.7. The van der Waals surface area contributed by atoms with Crippen LogP contribution in [0.4, 0.5) is 22.0 Å². The van der Waals surface area contributed by atoms with E-state index in [1.807, 2.05) is 0 Å². The number of hydrogen-bond donors (Lipinski definition) is 0. The molecule has 2 aromatic rings. The van der Waals surface area contributed by atoms with Gasteiger partial charge in [-0.1, -0.05) is 18.1 Å². The van der Waals surface area contributed by atoms with E-state index in [0.717, 1.165) is 18.2 Å². The summed E-state index contributed by atoms with van der Waals surface area (Å²) >= 11 is 0. The second kappa shape index (κ2) is 5.44. The van der Waals surface area contributed by atoms with E-state index in [1.54, 1.807) is 0 Å². The lowest BCUT2D eigenvalue weighted by Crippen LogP contribution is -2.17. The lowest BCUT2D eigenvalue weighted by molar-refractivity contribution is -0.274. The molecule has 0 aliphatic carbocycles. The van der Waals surface area contributed by atoms with Crippen molar-refractivity contribution in [1.82, 2.24) is 0 Å². The van der Waals surface area contributed by atoms with Crippen molar-refractivity contribution in [3.05, 3.63) is 53.6 Å². The molecule has 0 fully saturated rings. The topological polar surface area (TPSA) is 9.23 Å². The van der Waals surface area contributed by atoms with Crippen LogP contribution in [0.5, 0.6) is 5.75 Å². The van der Waals surface area contributed by atoms with Crippen LogP contribution in [-0.4, -0.2) is 6.36 Å².